The molecule has 0 saturated carbocycles. The minimum Gasteiger partial charge on any atom is -0.309 e. The third-order valence-electron chi connectivity index (χ3n) is 11.1. The normalized spacial score (nSPS) is 13.0. The molecule has 2 nitrogen and oxygen atoms in total. The van der Waals surface area contributed by atoms with E-state index in [4.69, 9.17) is 0 Å². The van der Waals surface area contributed by atoms with Gasteiger partial charge in [-0.05, 0) is 109 Å². The van der Waals surface area contributed by atoms with Crippen LogP contribution in [0.1, 0.15) is 25.0 Å². The van der Waals surface area contributed by atoms with Gasteiger partial charge in [0.25, 0.3) is 0 Å². The molecule has 1 aliphatic carbocycles. The molecule has 0 aliphatic heterocycles. The van der Waals surface area contributed by atoms with Crippen LogP contribution in [0.2, 0.25) is 0 Å². The van der Waals surface area contributed by atoms with E-state index in [1.165, 1.54) is 88.7 Å². The summed E-state index contributed by atoms with van der Waals surface area (Å²) < 4.78 is 2.40. The maximum atomic E-state index is 4.26. The van der Waals surface area contributed by atoms with Gasteiger partial charge in [-0.1, -0.05) is 141 Å². The van der Waals surface area contributed by atoms with E-state index in [2.05, 4.69) is 187 Å². The number of para-hydroxylation sites is 2. The molecule has 0 bridgehead atoms. The highest BCUT2D eigenvalue weighted by atomic mass is 15.0. The van der Waals surface area contributed by atoms with Crippen LogP contribution in [0.25, 0.3) is 83.1 Å². The highest BCUT2D eigenvalue weighted by molar-refractivity contribution is 6.09. The monoisotopic (exact) mass is 664 g/mol. The number of hydrogen-bond acceptors (Lipinski definition) is 1. The summed E-state index contributed by atoms with van der Waals surface area (Å²) in [5.41, 5.74) is 18.6. The molecule has 2 aromatic heterocycles. The summed E-state index contributed by atoms with van der Waals surface area (Å²) in [5.74, 6) is 0. The predicted octanol–water partition coefficient (Wildman–Crippen LogP) is 13.2. The molecule has 0 atom stereocenters. The van der Waals surface area contributed by atoms with E-state index in [0.717, 1.165) is 5.56 Å². The van der Waals surface area contributed by atoms with E-state index >= 15 is 0 Å². The fourth-order valence-electron chi connectivity index (χ4n) is 8.37. The van der Waals surface area contributed by atoms with Crippen LogP contribution in [0.15, 0.2) is 182 Å². The van der Waals surface area contributed by atoms with Crippen molar-refractivity contribution in [1.82, 2.24) is 9.55 Å². The Morgan fingerprint density at radius 1 is 0.404 bits per heavy atom. The summed E-state index contributed by atoms with van der Waals surface area (Å²) in [6.45, 7) is 4.75. The highest BCUT2D eigenvalue weighted by Crippen LogP contribution is 2.51. The zero-order chi connectivity index (χ0) is 34.8. The summed E-state index contributed by atoms with van der Waals surface area (Å²) in [5, 5.41) is 2.56. The Bertz CT molecular complexity index is 2730. The van der Waals surface area contributed by atoms with Crippen molar-refractivity contribution in [2.75, 3.05) is 0 Å². The van der Waals surface area contributed by atoms with E-state index in [1.807, 2.05) is 18.5 Å². The Morgan fingerprint density at radius 3 is 1.42 bits per heavy atom. The fraction of sp³-hybridized carbons (Fsp3) is 0.0600. The van der Waals surface area contributed by atoms with Crippen LogP contribution < -0.4 is 0 Å². The summed E-state index contributed by atoms with van der Waals surface area (Å²) in [7, 11) is 0. The van der Waals surface area contributed by atoms with Gasteiger partial charge in [0.15, 0.2) is 0 Å². The van der Waals surface area contributed by atoms with Gasteiger partial charge in [-0.15, -0.1) is 0 Å². The minimum absolute atomic E-state index is 0.128. The second kappa shape index (κ2) is 11.8. The molecule has 0 saturated heterocycles. The van der Waals surface area contributed by atoms with Crippen molar-refractivity contribution in [2.45, 2.75) is 19.3 Å². The van der Waals surface area contributed by atoms with Crippen molar-refractivity contribution in [1.29, 1.82) is 0 Å². The standard InChI is InChI=1S/C50H36N2/c1-50(2)46-30-38(35-20-16-33(17-21-35)34-18-22-36(23-19-34)40-10-8-28-51-32-40)24-26-42(46)43-27-25-39(31-47(43)50)37-9-7-11-41(29-37)52-48-14-5-3-12-44(48)45-13-4-6-15-49(45)52/h3-32H,1-2H3. The van der Waals surface area contributed by atoms with E-state index in [0.29, 0.717) is 0 Å². The van der Waals surface area contributed by atoms with Gasteiger partial charge in [0, 0.05) is 34.3 Å². The molecule has 0 spiro atoms. The number of benzene rings is 7. The molecule has 0 fully saturated rings. The van der Waals surface area contributed by atoms with Crippen LogP contribution in [0.5, 0.6) is 0 Å². The summed E-state index contributed by atoms with van der Waals surface area (Å²) in [4.78, 5) is 4.26. The highest BCUT2D eigenvalue weighted by Gasteiger charge is 2.36. The number of aromatic nitrogens is 2. The van der Waals surface area contributed by atoms with Gasteiger partial charge in [-0.2, -0.15) is 0 Å². The molecule has 9 aromatic rings. The number of hydrogen-bond donors (Lipinski definition) is 0. The maximum absolute atomic E-state index is 4.26. The van der Waals surface area contributed by atoms with Gasteiger partial charge in [0.1, 0.15) is 0 Å². The van der Waals surface area contributed by atoms with Crippen LogP contribution >= 0.6 is 0 Å². The van der Waals surface area contributed by atoms with Crippen LogP contribution in [-0.2, 0) is 5.41 Å². The first-order valence-electron chi connectivity index (χ1n) is 18.0. The molecule has 2 heteroatoms. The smallest absolute Gasteiger partial charge is 0.0541 e. The van der Waals surface area contributed by atoms with Crippen molar-refractivity contribution in [2.24, 2.45) is 0 Å². The number of rotatable bonds is 5. The first-order chi connectivity index (χ1) is 25.5. The SMILES string of the molecule is CC1(C)c2cc(-c3ccc(-c4ccc(-c5cccnc5)cc4)cc3)ccc2-c2ccc(-c3cccc(-n4c5ccccc5c5ccccc54)c3)cc21. The molecule has 0 amide bonds. The molecule has 10 rings (SSSR count). The predicted molar refractivity (Wildman–Crippen MR) is 218 cm³/mol. The van der Waals surface area contributed by atoms with Gasteiger partial charge in [-0.3, -0.25) is 4.98 Å². The lowest BCUT2D eigenvalue weighted by Crippen LogP contribution is -2.15. The Balaban J connectivity index is 0.957. The summed E-state index contributed by atoms with van der Waals surface area (Å²) >= 11 is 0. The van der Waals surface area contributed by atoms with Crippen molar-refractivity contribution in [3.8, 4) is 61.3 Å². The van der Waals surface area contributed by atoms with Gasteiger partial charge in [0.05, 0.1) is 11.0 Å². The number of nitrogens with zero attached hydrogens (tertiary/aromatic N) is 2. The molecule has 0 N–H and O–H groups in total. The zero-order valence-corrected chi connectivity index (χ0v) is 29.2. The number of fused-ring (bicyclic) bond motifs is 6. The van der Waals surface area contributed by atoms with Crippen molar-refractivity contribution >= 4 is 21.8 Å². The third kappa shape index (κ3) is 4.83. The Hall–Kier alpha value is -6.51. The molecule has 1 aliphatic rings. The van der Waals surface area contributed by atoms with E-state index < -0.39 is 0 Å². The van der Waals surface area contributed by atoms with Gasteiger partial charge < -0.3 is 4.57 Å². The Kier molecular flexibility index (Phi) is 6.87. The van der Waals surface area contributed by atoms with E-state index in [-0.39, 0.29) is 5.41 Å². The van der Waals surface area contributed by atoms with Crippen LogP contribution in [0.3, 0.4) is 0 Å². The molecule has 7 aromatic carbocycles. The quantitative estimate of drug-likeness (QED) is 0.179. The van der Waals surface area contributed by atoms with Crippen LogP contribution in [0, 0.1) is 0 Å². The van der Waals surface area contributed by atoms with Crippen LogP contribution in [-0.4, -0.2) is 9.55 Å². The van der Waals surface area contributed by atoms with Crippen molar-refractivity contribution < 1.29 is 0 Å². The average Bonchev–Trinajstić information content (AvgIpc) is 3.66. The Labute approximate surface area is 304 Å². The first kappa shape index (κ1) is 30.3. The molecular weight excluding hydrogens is 629 g/mol. The lowest BCUT2D eigenvalue weighted by molar-refractivity contribution is 0.661. The number of pyridine rings is 1. The molecule has 246 valence electrons. The van der Waals surface area contributed by atoms with Gasteiger partial charge >= 0.3 is 0 Å². The summed E-state index contributed by atoms with van der Waals surface area (Å²) in [6.07, 6.45) is 3.72. The van der Waals surface area contributed by atoms with Gasteiger partial charge in [0.2, 0.25) is 0 Å². The lowest BCUT2D eigenvalue weighted by Gasteiger charge is -2.23. The zero-order valence-electron chi connectivity index (χ0n) is 29.2. The van der Waals surface area contributed by atoms with Crippen molar-refractivity contribution in [3.05, 3.63) is 193 Å². The molecular formula is C50H36N2. The molecule has 0 radical (unpaired) electrons. The lowest BCUT2D eigenvalue weighted by atomic mass is 9.81. The van der Waals surface area contributed by atoms with E-state index in [1.54, 1.807) is 0 Å². The molecule has 52 heavy (non-hydrogen) atoms. The second-order valence-electron chi connectivity index (χ2n) is 14.5. The third-order valence-corrected chi connectivity index (χ3v) is 11.1. The van der Waals surface area contributed by atoms with E-state index in [9.17, 15) is 0 Å². The molecule has 2 heterocycles. The largest absolute Gasteiger partial charge is 0.309 e. The minimum atomic E-state index is -0.128. The second-order valence-corrected chi connectivity index (χ2v) is 14.5. The van der Waals surface area contributed by atoms with Gasteiger partial charge in [-0.25, -0.2) is 0 Å². The first-order valence-corrected chi connectivity index (χ1v) is 18.0. The fourth-order valence-corrected chi connectivity index (χ4v) is 8.37. The van der Waals surface area contributed by atoms with Crippen LogP contribution in [0.4, 0.5) is 0 Å². The molecule has 0 unspecified atom stereocenters. The van der Waals surface area contributed by atoms with Crippen molar-refractivity contribution in [3.63, 3.8) is 0 Å². The maximum Gasteiger partial charge on any atom is 0.0541 e. The topological polar surface area (TPSA) is 17.8 Å². The summed E-state index contributed by atoms with van der Waals surface area (Å²) in [6, 6.07) is 62.3. The Morgan fingerprint density at radius 2 is 0.865 bits per heavy atom. The average molecular weight is 665 g/mol.